The van der Waals surface area contributed by atoms with Crippen LogP contribution in [0, 0.1) is 0 Å². The average Bonchev–Trinajstić information content (AvgIpc) is 2.67. The molecule has 0 aromatic rings. The molecule has 0 aliphatic rings. The molecule has 0 radical (unpaired) electrons. The molecule has 33 heavy (non-hydrogen) atoms. The zero-order valence-corrected chi connectivity index (χ0v) is 17.5. The third-order valence-electron chi connectivity index (χ3n) is 4.13. The van der Waals surface area contributed by atoms with Crippen LogP contribution >= 0.6 is 0 Å². The summed E-state index contributed by atoms with van der Waals surface area (Å²) < 4.78 is 0. The van der Waals surface area contributed by atoms with Crippen LogP contribution in [0.3, 0.4) is 0 Å². The minimum Gasteiger partial charge on any atom is -0.481 e. The molecule has 0 aromatic heterocycles. The summed E-state index contributed by atoms with van der Waals surface area (Å²) in [5, 5.41) is 42.1. The Labute approximate surface area is 186 Å². The van der Waals surface area contributed by atoms with Crippen molar-refractivity contribution in [3.63, 3.8) is 0 Å². The third-order valence-corrected chi connectivity index (χ3v) is 4.13. The number of aliphatic hydroxyl groups excluding tert-OH is 1. The second kappa shape index (κ2) is 13.6. The first-order chi connectivity index (χ1) is 15.1. The molecule has 0 aromatic carbocycles. The molecule has 0 rings (SSSR count). The fourth-order valence-corrected chi connectivity index (χ4v) is 2.35. The van der Waals surface area contributed by atoms with Gasteiger partial charge in [-0.1, -0.05) is 0 Å². The van der Waals surface area contributed by atoms with Crippen LogP contribution in [0.15, 0.2) is 0 Å². The van der Waals surface area contributed by atoms with Crippen LogP contribution in [0.4, 0.5) is 0 Å². The lowest BCUT2D eigenvalue weighted by Crippen LogP contribution is -2.59. The van der Waals surface area contributed by atoms with Gasteiger partial charge in [-0.15, -0.1) is 0 Å². The number of nitrogens with two attached hydrogens (primary N) is 2. The second-order valence-electron chi connectivity index (χ2n) is 6.99. The predicted octanol–water partition coefficient (Wildman–Crippen LogP) is -4.55. The van der Waals surface area contributed by atoms with Crippen LogP contribution in [-0.4, -0.2) is 92.2 Å². The van der Waals surface area contributed by atoms with Gasteiger partial charge < -0.3 is 47.8 Å². The number of aliphatic carboxylic acids is 3. The Morgan fingerprint density at radius 3 is 1.61 bits per heavy atom. The normalized spacial score (nSPS) is 15.1. The zero-order chi connectivity index (χ0) is 25.9. The van der Waals surface area contributed by atoms with Gasteiger partial charge in [-0.2, -0.15) is 0 Å². The number of primary amides is 1. The number of carbonyl (C=O) groups is 7. The molecule has 0 heterocycles. The monoisotopic (exact) mass is 477 g/mol. The SMILES string of the molecule is CC(O)C(N)C(=O)NC(CC(=O)O)C(=O)NC(CC(N)=O)C(=O)NC(CCC(=O)O)C(=O)O. The Balaban J connectivity index is 5.56. The van der Waals surface area contributed by atoms with E-state index in [0.717, 1.165) is 0 Å². The first-order valence-corrected chi connectivity index (χ1v) is 9.45. The number of carboxylic acid groups (broad SMARTS) is 3. The van der Waals surface area contributed by atoms with Gasteiger partial charge in [0, 0.05) is 6.42 Å². The first kappa shape index (κ1) is 29.2. The van der Waals surface area contributed by atoms with Crippen molar-refractivity contribution < 1.29 is 54.0 Å². The van der Waals surface area contributed by atoms with E-state index in [4.69, 9.17) is 26.8 Å². The molecule has 0 fully saturated rings. The van der Waals surface area contributed by atoms with E-state index in [-0.39, 0.29) is 0 Å². The lowest BCUT2D eigenvalue weighted by molar-refractivity contribution is -0.144. The molecule has 0 spiro atoms. The number of rotatable bonds is 15. The van der Waals surface area contributed by atoms with E-state index in [2.05, 4.69) is 0 Å². The van der Waals surface area contributed by atoms with Crippen LogP contribution in [0.25, 0.3) is 0 Å². The first-order valence-electron chi connectivity index (χ1n) is 9.45. The molecule has 4 amide bonds. The summed E-state index contributed by atoms with van der Waals surface area (Å²) in [4.78, 5) is 81.2. The molecule has 5 atom stereocenters. The number of aliphatic hydroxyl groups is 1. The average molecular weight is 477 g/mol. The highest BCUT2D eigenvalue weighted by Gasteiger charge is 2.32. The van der Waals surface area contributed by atoms with E-state index in [9.17, 15) is 38.7 Å². The maximum Gasteiger partial charge on any atom is 0.326 e. The number of carbonyl (C=O) groups excluding carboxylic acids is 4. The van der Waals surface area contributed by atoms with Gasteiger partial charge in [0.15, 0.2) is 0 Å². The van der Waals surface area contributed by atoms with Crippen molar-refractivity contribution in [2.75, 3.05) is 0 Å². The standard InChI is InChI=1S/C17H27N5O11/c1-6(23)13(19)16(31)22-9(5-12(27)28)15(30)21-8(4-10(18)24)14(29)20-7(17(32)33)2-3-11(25)26/h6-9,13,23H,2-5,19H2,1H3,(H2,18,24)(H,20,29)(H,21,30)(H,22,31)(H,25,26)(H,27,28)(H,32,33). The zero-order valence-electron chi connectivity index (χ0n) is 17.5. The summed E-state index contributed by atoms with van der Waals surface area (Å²) in [5.74, 6) is -9.10. The van der Waals surface area contributed by atoms with Crippen LogP contribution in [0.5, 0.6) is 0 Å². The van der Waals surface area contributed by atoms with E-state index in [1.165, 1.54) is 6.92 Å². The van der Waals surface area contributed by atoms with Crippen molar-refractivity contribution in [3.05, 3.63) is 0 Å². The minimum absolute atomic E-state index is 0.511. The number of hydrogen-bond acceptors (Lipinski definition) is 9. The molecule has 0 bridgehead atoms. The Morgan fingerprint density at radius 2 is 1.21 bits per heavy atom. The van der Waals surface area contributed by atoms with Gasteiger partial charge in [0.05, 0.1) is 18.9 Å². The van der Waals surface area contributed by atoms with Crippen LogP contribution in [-0.2, 0) is 33.6 Å². The lowest BCUT2D eigenvalue weighted by atomic mass is 10.1. The Kier molecular flexibility index (Phi) is 12.0. The maximum absolute atomic E-state index is 12.5. The highest BCUT2D eigenvalue weighted by atomic mass is 16.4. The topological polar surface area (TPSA) is 289 Å². The maximum atomic E-state index is 12.5. The van der Waals surface area contributed by atoms with Crippen molar-refractivity contribution in [1.29, 1.82) is 0 Å². The van der Waals surface area contributed by atoms with E-state index < -0.39 is 97.5 Å². The summed E-state index contributed by atoms with van der Waals surface area (Å²) in [6.45, 7) is 1.17. The largest absolute Gasteiger partial charge is 0.481 e. The van der Waals surface area contributed by atoms with Gasteiger partial charge in [0.1, 0.15) is 24.2 Å². The Bertz CT molecular complexity index is 785. The predicted molar refractivity (Wildman–Crippen MR) is 106 cm³/mol. The number of amides is 4. The molecular weight excluding hydrogens is 450 g/mol. The minimum atomic E-state index is -1.79. The summed E-state index contributed by atoms with van der Waals surface area (Å²) in [5.41, 5.74) is 10.5. The molecular formula is C17H27N5O11. The van der Waals surface area contributed by atoms with E-state index in [1.807, 2.05) is 16.0 Å². The molecule has 186 valence electrons. The highest BCUT2D eigenvalue weighted by Crippen LogP contribution is 2.03. The van der Waals surface area contributed by atoms with E-state index in [1.54, 1.807) is 0 Å². The van der Waals surface area contributed by atoms with Crippen molar-refractivity contribution in [2.45, 2.75) is 62.9 Å². The van der Waals surface area contributed by atoms with Crippen LogP contribution in [0.1, 0.15) is 32.6 Å². The summed E-state index contributed by atoms with van der Waals surface area (Å²) in [7, 11) is 0. The second-order valence-corrected chi connectivity index (χ2v) is 6.99. The number of hydrogen-bond donors (Lipinski definition) is 9. The van der Waals surface area contributed by atoms with Gasteiger partial charge in [-0.25, -0.2) is 4.79 Å². The summed E-state index contributed by atoms with van der Waals surface area (Å²) >= 11 is 0. The molecule has 0 aliphatic carbocycles. The van der Waals surface area contributed by atoms with Crippen LogP contribution < -0.4 is 27.4 Å². The molecule has 5 unspecified atom stereocenters. The van der Waals surface area contributed by atoms with Gasteiger partial charge in [-0.05, 0) is 13.3 Å². The van der Waals surface area contributed by atoms with Crippen molar-refractivity contribution in [1.82, 2.24) is 16.0 Å². The number of nitrogens with one attached hydrogen (secondary N) is 3. The van der Waals surface area contributed by atoms with Crippen molar-refractivity contribution in [2.24, 2.45) is 11.5 Å². The molecule has 16 heteroatoms. The summed E-state index contributed by atoms with van der Waals surface area (Å²) in [6, 6.07) is -6.76. The quantitative estimate of drug-likeness (QED) is 0.108. The van der Waals surface area contributed by atoms with E-state index in [0.29, 0.717) is 0 Å². The van der Waals surface area contributed by atoms with E-state index >= 15 is 0 Å². The Hall–Kier alpha value is -3.79. The van der Waals surface area contributed by atoms with Gasteiger partial charge >= 0.3 is 17.9 Å². The fourth-order valence-electron chi connectivity index (χ4n) is 2.35. The smallest absolute Gasteiger partial charge is 0.326 e. The van der Waals surface area contributed by atoms with Gasteiger partial charge in [-0.3, -0.25) is 28.8 Å². The molecule has 0 saturated heterocycles. The third kappa shape index (κ3) is 11.4. The van der Waals surface area contributed by atoms with Gasteiger partial charge in [0.25, 0.3) is 0 Å². The fraction of sp³-hybridized carbons (Fsp3) is 0.588. The Morgan fingerprint density at radius 1 is 0.758 bits per heavy atom. The molecule has 11 N–H and O–H groups in total. The number of carboxylic acids is 3. The van der Waals surface area contributed by atoms with Gasteiger partial charge in [0.2, 0.25) is 23.6 Å². The lowest BCUT2D eigenvalue weighted by Gasteiger charge is -2.24. The van der Waals surface area contributed by atoms with Crippen molar-refractivity contribution >= 4 is 41.5 Å². The van der Waals surface area contributed by atoms with Crippen LogP contribution in [0.2, 0.25) is 0 Å². The van der Waals surface area contributed by atoms with Crippen molar-refractivity contribution in [3.8, 4) is 0 Å². The molecule has 0 aliphatic heterocycles. The highest BCUT2D eigenvalue weighted by molar-refractivity contribution is 5.97. The summed E-state index contributed by atoms with van der Waals surface area (Å²) in [6.07, 6.45) is -4.26. The molecule has 0 saturated carbocycles. The molecule has 16 nitrogen and oxygen atoms in total.